The van der Waals surface area contributed by atoms with Gasteiger partial charge in [0.15, 0.2) is 17.4 Å². The lowest BCUT2D eigenvalue weighted by Crippen LogP contribution is -2.29. The number of nitrogens with one attached hydrogen (secondary N) is 2. The number of aromatic hydroxyl groups is 1. The molecule has 2 aromatic carbocycles. The van der Waals surface area contributed by atoms with Crippen LogP contribution in [0.25, 0.3) is 0 Å². The second-order valence-corrected chi connectivity index (χ2v) is 9.91. The lowest BCUT2D eigenvalue weighted by Gasteiger charge is -2.26. The van der Waals surface area contributed by atoms with Gasteiger partial charge in [-0.2, -0.15) is 0 Å². The van der Waals surface area contributed by atoms with Gasteiger partial charge < -0.3 is 20.6 Å². The Bertz CT molecular complexity index is 1170. The van der Waals surface area contributed by atoms with E-state index in [4.69, 9.17) is 23.2 Å². The van der Waals surface area contributed by atoms with Crippen molar-refractivity contribution in [3.05, 3.63) is 51.5 Å². The zero-order valence-electron chi connectivity index (χ0n) is 18.2. The number of nitrogens with zero attached hydrogens (tertiary/aromatic N) is 3. The van der Waals surface area contributed by atoms with E-state index in [1.807, 2.05) is 20.8 Å². The summed E-state index contributed by atoms with van der Waals surface area (Å²) < 4.78 is 19.9. The van der Waals surface area contributed by atoms with Crippen LogP contribution >= 0.6 is 23.2 Å². The molecule has 0 saturated carbocycles. The van der Waals surface area contributed by atoms with E-state index in [0.29, 0.717) is 16.3 Å². The first-order valence-corrected chi connectivity index (χ1v) is 11.4. The highest BCUT2D eigenvalue weighted by Crippen LogP contribution is 2.37. The molecule has 170 valence electrons. The zero-order chi connectivity index (χ0) is 23.8. The normalized spacial score (nSPS) is 15.8. The van der Waals surface area contributed by atoms with Crippen LogP contribution in [-0.4, -0.2) is 45.9 Å². The Morgan fingerprint density at radius 1 is 1.03 bits per heavy atom. The minimum atomic E-state index is -1.87. The monoisotopic (exact) mass is 495 g/mol. The molecule has 0 fully saturated rings. The minimum absolute atomic E-state index is 0.112. The number of benzene rings is 2. The zero-order valence-corrected chi connectivity index (χ0v) is 20.5. The van der Waals surface area contributed by atoms with Crippen LogP contribution in [0, 0.1) is 0 Å². The second kappa shape index (κ2) is 9.09. The number of phenolic OH excluding ortho intramolecular Hbond substituents is 1. The van der Waals surface area contributed by atoms with Gasteiger partial charge in [-0.3, -0.25) is 4.79 Å². The SMILES string of the molecule is CN(C)C(=O)c1c(C(C)(C)C)ccc(NC2=NS(=O)N=C2Nc2cccc(Cl)c2Cl)c1O. The third-order valence-corrected chi connectivity index (χ3v) is 6.12. The topological polar surface area (TPSA) is 106 Å². The average molecular weight is 496 g/mol. The number of carbonyl (C=O) groups excluding carboxylic acids is 1. The molecule has 0 saturated heterocycles. The van der Waals surface area contributed by atoms with Gasteiger partial charge in [-0.25, -0.2) is 4.21 Å². The lowest BCUT2D eigenvalue weighted by molar-refractivity contribution is 0.0822. The van der Waals surface area contributed by atoms with Crippen molar-refractivity contribution in [1.82, 2.24) is 4.90 Å². The fraction of sp³-hybridized carbons (Fsp3) is 0.286. The molecule has 3 rings (SSSR count). The lowest BCUT2D eigenvalue weighted by atomic mass is 9.82. The van der Waals surface area contributed by atoms with Crippen molar-refractivity contribution in [2.24, 2.45) is 8.80 Å². The van der Waals surface area contributed by atoms with E-state index in [2.05, 4.69) is 19.4 Å². The highest BCUT2D eigenvalue weighted by atomic mass is 35.5. The van der Waals surface area contributed by atoms with Gasteiger partial charge in [0, 0.05) is 14.1 Å². The van der Waals surface area contributed by atoms with E-state index in [1.165, 1.54) is 4.90 Å². The Labute approximate surface area is 199 Å². The maximum atomic E-state index is 12.8. The summed E-state index contributed by atoms with van der Waals surface area (Å²) >= 11 is 10.4. The number of amidine groups is 2. The van der Waals surface area contributed by atoms with Crippen molar-refractivity contribution in [2.45, 2.75) is 26.2 Å². The van der Waals surface area contributed by atoms with Gasteiger partial charge in [0.1, 0.15) is 0 Å². The van der Waals surface area contributed by atoms with Crippen molar-refractivity contribution in [3.63, 3.8) is 0 Å². The van der Waals surface area contributed by atoms with Crippen LogP contribution < -0.4 is 10.6 Å². The van der Waals surface area contributed by atoms with E-state index in [-0.39, 0.29) is 45.0 Å². The maximum Gasteiger partial charge on any atom is 0.269 e. The van der Waals surface area contributed by atoms with Crippen LogP contribution in [0.4, 0.5) is 11.4 Å². The van der Waals surface area contributed by atoms with Crippen molar-refractivity contribution < 1.29 is 14.1 Å². The molecule has 2 aromatic rings. The number of amides is 1. The Morgan fingerprint density at radius 3 is 2.19 bits per heavy atom. The van der Waals surface area contributed by atoms with E-state index < -0.39 is 11.2 Å². The Balaban J connectivity index is 1.99. The van der Waals surface area contributed by atoms with Crippen LogP contribution in [0.2, 0.25) is 10.0 Å². The van der Waals surface area contributed by atoms with Crippen molar-refractivity contribution in [2.75, 3.05) is 24.7 Å². The first-order valence-electron chi connectivity index (χ1n) is 9.56. The standard InChI is InChI=1S/C21H23Cl2N5O3S/c1-21(2,3)11-9-10-14(17(29)15(11)20(30)28(4)5)25-19-18(26-32(31)27-19)24-13-8-6-7-12(22)16(13)23/h6-10,29H,1-5H3,(H,24,26)(H,25,27). The first kappa shape index (κ1) is 24.0. The third kappa shape index (κ3) is 4.90. The molecule has 32 heavy (non-hydrogen) atoms. The van der Waals surface area contributed by atoms with Crippen LogP contribution in [-0.2, 0) is 16.6 Å². The summed E-state index contributed by atoms with van der Waals surface area (Å²) in [5, 5.41) is 17.5. The molecule has 1 heterocycles. The Kier molecular flexibility index (Phi) is 6.83. The van der Waals surface area contributed by atoms with Crippen molar-refractivity contribution in [3.8, 4) is 5.75 Å². The van der Waals surface area contributed by atoms with Gasteiger partial charge in [0.25, 0.3) is 17.1 Å². The fourth-order valence-corrected chi connectivity index (χ4v) is 4.00. The van der Waals surface area contributed by atoms with E-state index >= 15 is 0 Å². The molecule has 1 amide bonds. The highest BCUT2D eigenvalue weighted by Gasteiger charge is 2.29. The maximum absolute atomic E-state index is 12.8. The number of phenols is 1. The summed E-state index contributed by atoms with van der Waals surface area (Å²) in [5.74, 6) is -0.323. The van der Waals surface area contributed by atoms with Gasteiger partial charge in [-0.1, -0.05) is 56.1 Å². The predicted molar refractivity (Wildman–Crippen MR) is 132 cm³/mol. The Morgan fingerprint density at radius 2 is 1.62 bits per heavy atom. The van der Waals surface area contributed by atoms with E-state index in [1.54, 1.807) is 44.4 Å². The summed E-state index contributed by atoms with van der Waals surface area (Å²) in [6.45, 7) is 5.86. The average Bonchev–Trinajstić information content (AvgIpc) is 3.04. The van der Waals surface area contributed by atoms with E-state index in [0.717, 1.165) is 0 Å². The smallest absolute Gasteiger partial charge is 0.269 e. The van der Waals surface area contributed by atoms with Gasteiger partial charge in [-0.15, -0.1) is 8.80 Å². The number of hydrogen-bond acceptors (Lipinski definition) is 5. The molecule has 0 aromatic heterocycles. The van der Waals surface area contributed by atoms with Gasteiger partial charge in [-0.05, 0) is 29.2 Å². The number of hydrogen-bond donors (Lipinski definition) is 3. The molecule has 8 nitrogen and oxygen atoms in total. The second-order valence-electron chi connectivity index (χ2n) is 8.30. The molecule has 0 aliphatic carbocycles. The molecule has 1 aliphatic heterocycles. The molecule has 0 bridgehead atoms. The molecule has 0 spiro atoms. The molecule has 1 aliphatic rings. The van der Waals surface area contributed by atoms with Gasteiger partial charge in [0.05, 0.1) is 27.0 Å². The number of carbonyl (C=O) groups is 1. The summed E-state index contributed by atoms with van der Waals surface area (Å²) in [6, 6.07) is 8.41. The molecule has 1 unspecified atom stereocenters. The number of anilines is 2. The molecule has 0 radical (unpaired) electrons. The predicted octanol–water partition coefficient (Wildman–Crippen LogP) is 4.61. The van der Waals surface area contributed by atoms with Crippen molar-refractivity contribution >= 4 is 63.3 Å². The fourth-order valence-electron chi connectivity index (χ4n) is 3.04. The van der Waals surface area contributed by atoms with Gasteiger partial charge in [0.2, 0.25) is 0 Å². The number of halogens is 2. The van der Waals surface area contributed by atoms with Crippen LogP contribution in [0.5, 0.6) is 5.75 Å². The summed E-state index contributed by atoms with van der Waals surface area (Å²) in [4.78, 5) is 14.2. The Hall–Kier alpha value is -2.62. The molecule has 1 atom stereocenters. The summed E-state index contributed by atoms with van der Waals surface area (Å²) in [5.41, 5.74) is 1.14. The largest absolute Gasteiger partial charge is 0.505 e. The number of rotatable bonds is 3. The van der Waals surface area contributed by atoms with Crippen LogP contribution in [0.15, 0.2) is 39.1 Å². The quantitative estimate of drug-likeness (QED) is 0.538. The van der Waals surface area contributed by atoms with Crippen LogP contribution in [0.1, 0.15) is 36.7 Å². The first-order chi connectivity index (χ1) is 14.9. The molecule has 3 N–H and O–H groups in total. The van der Waals surface area contributed by atoms with E-state index in [9.17, 15) is 14.1 Å². The summed E-state index contributed by atoms with van der Waals surface area (Å²) in [6.07, 6.45) is 0. The van der Waals surface area contributed by atoms with Gasteiger partial charge >= 0.3 is 0 Å². The summed E-state index contributed by atoms with van der Waals surface area (Å²) in [7, 11) is 3.23. The minimum Gasteiger partial charge on any atom is -0.505 e. The third-order valence-electron chi connectivity index (χ3n) is 4.63. The van der Waals surface area contributed by atoms with Crippen LogP contribution in [0.3, 0.4) is 0 Å². The molecular weight excluding hydrogens is 473 g/mol. The molecular formula is C21H23Cl2N5O3S. The molecule has 11 heteroatoms. The van der Waals surface area contributed by atoms with Crippen molar-refractivity contribution in [1.29, 1.82) is 0 Å². The highest BCUT2D eigenvalue weighted by molar-refractivity contribution is 7.83.